The number of anilines is 2. The number of imidazole rings is 1. The van der Waals surface area contributed by atoms with Crippen LogP contribution in [0.3, 0.4) is 0 Å². The van der Waals surface area contributed by atoms with Gasteiger partial charge in [-0.15, -0.1) is 0 Å². The molecule has 0 radical (unpaired) electrons. The highest BCUT2D eigenvalue weighted by Gasteiger charge is 2.06. The zero-order valence-electron chi connectivity index (χ0n) is 19.8. The number of aldehydes is 2. The number of aromatic hydroxyl groups is 1. The van der Waals surface area contributed by atoms with Gasteiger partial charge in [-0.3, -0.25) is 14.6 Å². The second-order valence-electron chi connectivity index (χ2n) is 7.33. The van der Waals surface area contributed by atoms with E-state index in [0.29, 0.717) is 11.3 Å². The maximum Gasteiger partial charge on any atom is 0.168 e. The molecule has 0 saturated heterocycles. The predicted molar refractivity (Wildman–Crippen MR) is 142 cm³/mol. The summed E-state index contributed by atoms with van der Waals surface area (Å²) in [5.74, 6) is 1.85. The van der Waals surface area contributed by atoms with Gasteiger partial charge < -0.3 is 20.7 Å². The normalized spacial score (nSPS) is 9.72. The fourth-order valence-electron chi connectivity index (χ4n) is 2.98. The molecule has 0 fully saturated rings. The second kappa shape index (κ2) is 13.0. The van der Waals surface area contributed by atoms with Crippen LogP contribution in [0.2, 0.25) is 0 Å². The molecule has 0 bridgehead atoms. The van der Waals surface area contributed by atoms with Crippen molar-refractivity contribution in [3.05, 3.63) is 96.4 Å². The Balaban J connectivity index is 0.000000176. The minimum Gasteiger partial charge on any atom is -0.508 e. The lowest BCUT2D eigenvalue weighted by atomic mass is 10.2. The Morgan fingerprint density at radius 1 is 0.861 bits per heavy atom. The summed E-state index contributed by atoms with van der Waals surface area (Å²) in [5, 5.41) is 14.8. The number of fused-ring (bicyclic) bond motifs is 1. The van der Waals surface area contributed by atoms with E-state index < -0.39 is 0 Å². The zero-order valence-corrected chi connectivity index (χ0v) is 19.8. The van der Waals surface area contributed by atoms with E-state index in [0.717, 1.165) is 46.5 Å². The van der Waals surface area contributed by atoms with Gasteiger partial charge in [-0.2, -0.15) is 0 Å². The highest BCUT2D eigenvalue weighted by molar-refractivity contribution is 5.81. The van der Waals surface area contributed by atoms with Crippen molar-refractivity contribution in [2.45, 2.75) is 0 Å². The Bertz CT molecular complexity index is 1390. The molecule has 4 N–H and O–H groups in total. The molecule has 36 heavy (non-hydrogen) atoms. The molecule has 0 unspecified atom stereocenters. The molecule has 9 nitrogen and oxygen atoms in total. The van der Waals surface area contributed by atoms with E-state index in [2.05, 4.69) is 30.6 Å². The van der Waals surface area contributed by atoms with Crippen molar-refractivity contribution in [3.63, 3.8) is 0 Å². The van der Waals surface area contributed by atoms with E-state index in [4.69, 9.17) is 5.11 Å². The van der Waals surface area contributed by atoms with Crippen molar-refractivity contribution in [2.75, 3.05) is 24.7 Å². The van der Waals surface area contributed by atoms with E-state index >= 15 is 0 Å². The highest BCUT2D eigenvalue weighted by Crippen LogP contribution is 2.22. The Labute approximate surface area is 208 Å². The minimum atomic E-state index is 0.181. The van der Waals surface area contributed by atoms with Gasteiger partial charge in [0.2, 0.25) is 0 Å². The topological polar surface area (TPSA) is 133 Å². The fraction of sp³-hybridized carbons (Fsp3) is 0.0741. The maximum absolute atomic E-state index is 10.0. The molecule has 3 aromatic heterocycles. The molecule has 0 aliphatic rings. The van der Waals surface area contributed by atoms with Crippen molar-refractivity contribution in [3.8, 4) is 17.1 Å². The average molecular weight is 483 g/mol. The Morgan fingerprint density at radius 2 is 1.61 bits per heavy atom. The number of phenolic OH excluding ortho intramolecular Hbond substituents is 1. The van der Waals surface area contributed by atoms with Gasteiger partial charge in [0.05, 0.1) is 17.2 Å². The summed E-state index contributed by atoms with van der Waals surface area (Å²) in [4.78, 5) is 35.8. The van der Waals surface area contributed by atoms with Crippen molar-refractivity contribution >= 4 is 35.1 Å². The number of pyridine rings is 2. The maximum atomic E-state index is 10.0. The third kappa shape index (κ3) is 7.22. The molecule has 0 spiro atoms. The van der Waals surface area contributed by atoms with Crippen LogP contribution in [0.1, 0.15) is 20.8 Å². The summed E-state index contributed by atoms with van der Waals surface area (Å²) in [6.07, 6.45) is 4.84. The summed E-state index contributed by atoms with van der Waals surface area (Å²) in [6.45, 7) is 0. The van der Waals surface area contributed by atoms with Gasteiger partial charge in [-0.1, -0.05) is 6.07 Å². The number of aromatic nitrogens is 4. The number of hydrogen-bond donors (Lipinski definition) is 4. The molecule has 3 heterocycles. The van der Waals surface area contributed by atoms with Gasteiger partial charge in [0.15, 0.2) is 6.29 Å². The molecule has 5 rings (SSSR count). The van der Waals surface area contributed by atoms with Gasteiger partial charge in [0, 0.05) is 43.2 Å². The van der Waals surface area contributed by atoms with E-state index in [1.165, 1.54) is 12.1 Å². The number of aromatic amines is 1. The zero-order chi connectivity index (χ0) is 25.8. The molecule has 9 heteroatoms. The van der Waals surface area contributed by atoms with Gasteiger partial charge in [-0.25, -0.2) is 9.97 Å². The average Bonchev–Trinajstić information content (AvgIpc) is 3.38. The molecule has 0 aliphatic carbocycles. The van der Waals surface area contributed by atoms with Crippen molar-refractivity contribution < 1.29 is 14.7 Å². The minimum absolute atomic E-state index is 0.181. The second-order valence-corrected chi connectivity index (χ2v) is 7.33. The first-order valence-corrected chi connectivity index (χ1v) is 11.0. The number of carbonyl (C=O) groups excluding carboxylic acids is 2. The first-order valence-electron chi connectivity index (χ1n) is 11.0. The monoisotopic (exact) mass is 482 g/mol. The number of benzene rings is 2. The van der Waals surface area contributed by atoms with Gasteiger partial charge in [0.1, 0.15) is 29.4 Å². The SMILES string of the molecule is CNc1ccc(-c2nc3cc(NC)ncc3[nH]2)cc1.O=Cc1ccc(O)cc1.O=Cc1ccccn1. The van der Waals surface area contributed by atoms with Crippen LogP contribution in [-0.2, 0) is 0 Å². The number of phenols is 1. The molecule has 0 atom stereocenters. The molecule has 0 aliphatic heterocycles. The lowest BCUT2D eigenvalue weighted by Crippen LogP contribution is -1.90. The van der Waals surface area contributed by atoms with Crippen LogP contribution < -0.4 is 10.6 Å². The van der Waals surface area contributed by atoms with Crippen LogP contribution in [0.4, 0.5) is 11.5 Å². The summed E-state index contributed by atoms with van der Waals surface area (Å²) in [6, 6.07) is 21.3. The van der Waals surface area contributed by atoms with Crippen LogP contribution in [-0.4, -0.2) is 51.7 Å². The molecule has 182 valence electrons. The standard InChI is InChI=1S/C14H15N5.C7H6O2.C6H5NO/c1-15-10-5-3-9(4-6-10)14-18-11-7-13(16-2)17-8-12(11)19-14;8-5-6-1-3-7(9)4-2-6;8-5-6-3-1-2-4-7-6/h3-8,15H,1-2H3,(H,16,17)(H,18,19);1-5,9H;1-5H. The van der Waals surface area contributed by atoms with E-state index in [1.807, 2.05) is 44.4 Å². The number of hydrogen-bond acceptors (Lipinski definition) is 8. The Hall–Kier alpha value is -5.05. The third-order valence-electron chi connectivity index (χ3n) is 4.91. The van der Waals surface area contributed by atoms with Gasteiger partial charge in [-0.05, 0) is 60.7 Å². The molecule has 0 saturated carbocycles. The smallest absolute Gasteiger partial charge is 0.168 e. The Kier molecular flexibility index (Phi) is 9.23. The lowest BCUT2D eigenvalue weighted by molar-refractivity contribution is 0.111. The fourth-order valence-corrected chi connectivity index (χ4v) is 2.98. The van der Waals surface area contributed by atoms with Crippen molar-refractivity contribution in [1.82, 2.24) is 19.9 Å². The summed E-state index contributed by atoms with van der Waals surface area (Å²) in [5.41, 5.74) is 5.04. The van der Waals surface area contributed by atoms with Crippen LogP contribution in [0.5, 0.6) is 5.75 Å². The van der Waals surface area contributed by atoms with E-state index in [9.17, 15) is 9.59 Å². The van der Waals surface area contributed by atoms with Gasteiger partial charge in [0.25, 0.3) is 0 Å². The predicted octanol–water partition coefficient (Wildman–Crippen LogP) is 4.81. The highest BCUT2D eigenvalue weighted by atomic mass is 16.3. The van der Waals surface area contributed by atoms with E-state index in [-0.39, 0.29) is 5.75 Å². The van der Waals surface area contributed by atoms with E-state index in [1.54, 1.807) is 42.7 Å². The quantitative estimate of drug-likeness (QED) is 0.262. The number of carbonyl (C=O) groups is 2. The first-order chi connectivity index (χ1) is 17.6. The molecular formula is C27H26N6O3. The van der Waals surface area contributed by atoms with Crippen LogP contribution in [0.15, 0.2) is 85.2 Å². The first kappa shape index (κ1) is 25.6. The van der Waals surface area contributed by atoms with Crippen LogP contribution >= 0.6 is 0 Å². The van der Waals surface area contributed by atoms with Crippen LogP contribution in [0, 0.1) is 0 Å². The summed E-state index contributed by atoms with van der Waals surface area (Å²) in [7, 11) is 3.75. The Morgan fingerprint density at radius 3 is 2.17 bits per heavy atom. The summed E-state index contributed by atoms with van der Waals surface area (Å²) >= 11 is 0. The molecule has 0 amide bonds. The third-order valence-corrected chi connectivity index (χ3v) is 4.91. The van der Waals surface area contributed by atoms with Gasteiger partial charge >= 0.3 is 0 Å². The number of nitrogens with one attached hydrogen (secondary N) is 3. The number of nitrogens with zero attached hydrogens (tertiary/aromatic N) is 3. The summed E-state index contributed by atoms with van der Waals surface area (Å²) < 4.78 is 0. The largest absolute Gasteiger partial charge is 0.508 e. The molecular weight excluding hydrogens is 456 g/mol. The lowest BCUT2D eigenvalue weighted by Gasteiger charge is -2.00. The molecule has 2 aromatic carbocycles. The molecule has 5 aromatic rings. The van der Waals surface area contributed by atoms with Crippen molar-refractivity contribution in [2.24, 2.45) is 0 Å². The van der Waals surface area contributed by atoms with Crippen molar-refractivity contribution in [1.29, 1.82) is 0 Å². The van der Waals surface area contributed by atoms with Crippen LogP contribution in [0.25, 0.3) is 22.4 Å². The number of rotatable bonds is 5. The number of H-pyrrole nitrogens is 1.